The summed E-state index contributed by atoms with van der Waals surface area (Å²) < 4.78 is 0. The van der Waals surface area contributed by atoms with Crippen LogP contribution in [0.5, 0.6) is 0 Å². The Morgan fingerprint density at radius 1 is 1.32 bits per heavy atom. The van der Waals surface area contributed by atoms with E-state index in [1.165, 1.54) is 48.8 Å². The SMILES string of the molecule is Cc1ccc(C(C(C)N)N2CCN3CCCC3C2)s1. The lowest BCUT2D eigenvalue weighted by atomic mass is 10.0. The molecule has 3 rings (SSSR count). The van der Waals surface area contributed by atoms with Crippen LogP contribution in [0.25, 0.3) is 0 Å². The summed E-state index contributed by atoms with van der Waals surface area (Å²) in [5.41, 5.74) is 6.30. The van der Waals surface area contributed by atoms with Crippen molar-refractivity contribution in [1.29, 1.82) is 0 Å². The molecule has 2 fully saturated rings. The number of aryl methyl sites for hydroxylation is 1. The summed E-state index contributed by atoms with van der Waals surface area (Å²) in [5, 5.41) is 0. The van der Waals surface area contributed by atoms with Gasteiger partial charge in [0.2, 0.25) is 0 Å². The van der Waals surface area contributed by atoms with E-state index >= 15 is 0 Å². The lowest BCUT2D eigenvalue weighted by molar-refractivity contribution is 0.0648. The van der Waals surface area contributed by atoms with Crippen LogP contribution in [-0.2, 0) is 0 Å². The van der Waals surface area contributed by atoms with Crippen LogP contribution in [0.1, 0.15) is 35.6 Å². The summed E-state index contributed by atoms with van der Waals surface area (Å²) in [7, 11) is 0. The second kappa shape index (κ2) is 5.52. The Bertz CT molecular complexity index is 429. The number of fused-ring (bicyclic) bond motifs is 1. The third-order valence-corrected chi connectivity index (χ3v) is 5.63. The molecule has 19 heavy (non-hydrogen) atoms. The Morgan fingerprint density at radius 2 is 2.16 bits per heavy atom. The fraction of sp³-hybridized carbons (Fsp3) is 0.733. The van der Waals surface area contributed by atoms with E-state index in [1.807, 2.05) is 11.3 Å². The molecule has 0 radical (unpaired) electrons. The van der Waals surface area contributed by atoms with Crippen LogP contribution in [0, 0.1) is 6.92 Å². The number of nitrogens with two attached hydrogens (primary N) is 1. The number of nitrogens with zero attached hydrogens (tertiary/aromatic N) is 2. The summed E-state index contributed by atoms with van der Waals surface area (Å²) in [6.45, 7) is 9.22. The van der Waals surface area contributed by atoms with Gasteiger partial charge in [-0.05, 0) is 45.4 Å². The van der Waals surface area contributed by atoms with Crippen LogP contribution < -0.4 is 5.73 Å². The molecule has 1 aromatic heterocycles. The van der Waals surface area contributed by atoms with Gasteiger partial charge in [0, 0.05) is 41.5 Å². The Hall–Kier alpha value is -0.420. The van der Waals surface area contributed by atoms with Gasteiger partial charge >= 0.3 is 0 Å². The molecule has 2 N–H and O–H groups in total. The second-order valence-corrected chi connectivity index (χ2v) is 7.40. The largest absolute Gasteiger partial charge is 0.326 e. The minimum atomic E-state index is 0.200. The summed E-state index contributed by atoms with van der Waals surface area (Å²) in [6.07, 6.45) is 2.74. The first-order chi connectivity index (χ1) is 9.15. The molecule has 106 valence electrons. The summed E-state index contributed by atoms with van der Waals surface area (Å²) in [6, 6.07) is 5.87. The average Bonchev–Trinajstić information content (AvgIpc) is 2.97. The maximum atomic E-state index is 6.30. The third-order valence-electron chi connectivity index (χ3n) is 4.56. The van der Waals surface area contributed by atoms with Gasteiger partial charge < -0.3 is 5.73 Å². The van der Waals surface area contributed by atoms with Gasteiger partial charge in [0.1, 0.15) is 0 Å². The van der Waals surface area contributed by atoms with E-state index in [0.717, 1.165) is 6.04 Å². The summed E-state index contributed by atoms with van der Waals surface area (Å²) in [4.78, 5) is 8.12. The monoisotopic (exact) mass is 279 g/mol. The first-order valence-corrected chi connectivity index (χ1v) is 8.27. The van der Waals surface area contributed by atoms with Crippen LogP contribution in [0.3, 0.4) is 0 Å². The molecule has 0 spiro atoms. The molecular formula is C15H25N3S. The minimum absolute atomic E-state index is 0.200. The smallest absolute Gasteiger partial charge is 0.0591 e. The van der Waals surface area contributed by atoms with Crippen molar-refractivity contribution in [2.24, 2.45) is 5.73 Å². The Labute approximate surface area is 120 Å². The topological polar surface area (TPSA) is 32.5 Å². The zero-order valence-electron chi connectivity index (χ0n) is 12.0. The van der Waals surface area contributed by atoms with Gasteiger partial charge in [-0.2, -0.15) is 0 Å². The van der Waals surface area contributed by atoms with Crippen molar-refractivity contribution >= 4 is 11.3 Å². The predicted molar refractivity (Wildman–Crippen MR) is 81.6 cm³/mol. The molecule has 3 heterocycles. The maximum absolute atomic E-state index is 6.30. The number of rotatable bonds is 3. The van der Waals surface area contributed by atoms with Crippen molar-refractivity contribution in [2.45, 2.75) is 44.8 Å². The van der Waals surface area contributed by atoms with Gasteiger partial charge in [0.05, 0.1) is 6.04 Å². The molecule has 0 aromatic carbocycles. The Balaban J connectivity index is 1.77. The van der Waals surface area contributed by atoms with Gasteiger partial charge in [-0.25, -0.2) is 0 Å². The lowest BCUT2D eigenvalue weighted by Crippen LogP contribution is -2.53. The predicted octanol–water partition coefficient (Wildman–Crippen LogP) is 2.22. The van der Waals surface area contributed by atoms with E-state index in [-0.39, 0.29) is 6.04 Å². The second-order valence-electron chi connectivity index (χ2n) is 6.08. The normalized spacial score (nSPS) is 28.3. The van der Waals surface area contributed by atoms with Gasteiger partial charge in [-0.3, -0.25) is 9.80 Å². The lowest BCUT2D eigenvalue weighted by Gasteiger charge is -2.42. The molecule has 3 atom stereocenters. The zero-order chi connectivity index (χ0) is 13.4. The van der Waals surface area contributed by atoms with E-state index < -0.39 is 0 Å². The third kappa shape index (κ3) is 2.72. The molecule has 2 aliphatic rings. The quantitative estimate of drug-likeness (QED) is 0.921. The Kier molecular flexibility index (Phi) is 3.94. The molecule has 2 saturated heterocycles. The highest BCUT2D eigenvalue weighted by molar-refractivity contribution is 7.12. The highest BCUT2D eigenvalue weighted by Crippen LogP contribution is 2.33. The number of hydrogen-bond donors (Lipinski definition) is 1. The van der Waals surface area contributed by atoms with Crippen LogP contribution in [0.15, 0.2) is 12.1 Å². The van der Waals surface area contributed by atoms with Crippen molar-refractivity contribution in [3.63, 3.8) is 0 Å². The molecule has 0 aliphatic carbocycles. The number of piperazine rings is 1. The average molecular weight is 279 g/mol. The summed E-state index contributed by atoms with van der Waals surface area (Å²) >= 11 is 1.91. The van der Waals surface area contributed by atoms with Crippen LogP contribution in [0.4, 0.5) is 0 Å². The van der Waals surface area contributed by atoms with Crippen molar-refractivity contribution in [3.8, 4) is 0 Å². The molecular weight excluding hydrogens is 254 g/mol. The van der Waals surface area contributed by atoms with Crippen molar-refractivity contribution in [1.82, 2.24) is 9.80 Å². The molecule has 0 bridgehead atoms. The number of thiophene rings is 1. The van der Waals surface area contributed by atoms with E-state index in [4.69, 9.17) is 5.73 Å². The molecule has 0 amide bonds. The first-order valence-electron chi connectivity index (χ1n) is 7.45. The fourth-order valence-corrected chi connectivity index (χ4v) is 4.78. The molecule has 3 nitrogen and oxygen atoms in total. The fourth-order valence-electron chi connectivity index (χ4n) is 3.65. The molecule has 0 saturated carbocycles. The van der Waals surface area contributed by atoms with E-state index in [1.54, 1.807) is 0 Å². The highest BCUT2D eigenvalue weighted by atomic mass is 32.1. The van der Waals surface area contributed by atoms with Crippen LogP contribution in [0.2, 0.25) is 0 Å². The standard InChI is InChI=1S/C15H25N3S/c1-11-5-6-14(19-11)15(12(2)16)18-9-8-17-7-3-4-13(17)10-18/h5-6,12-13,15H,3-4,7-10,16H2,1-2H3. The van der Waals surface area contributed by atoms with E-state index in [2.05, 4.69) is 35.8 Å². The molecule has 2 aliphatic heterocycles. The van der Waals surface area contributed by atoms with Crippen molar-refractivity contribution in [2.75, 3.05) is 26.2 Å². The number of hydrogen-bond acceptors (Lipinski definition) is 4. The Morgan fingerprint density at radius 3 is 2.84 bits per heavy atom. The molecule has 4 heteroatoms. The van der Waals surface area contributed by atoms with Gasteiger partial charge in [-0.1, -0.05) is 0 Å². The molecule has 3 unspecified atom stereocenters. The minimum Gasteiger partial charge on any atom is -0.326 e. The highest BCUT2D eigenvalue weighted by Gasteiger charge is 2.35. The first kappa shape index (κ1) is 13.6. The van der Waals surface area contributed by atoms with Gasteiger partial charge in [-0.15, -0.1) is 11.3 Å². The summed E-state index contributed by atoms with van der Waals surface area (Å²) in [5.74, 6) is 0. The van der Waals surface area contributed by atoms with Crippen LogP contribution >= 0.6 is 11.3 Å². The van der Waals surface area contributed by atoms with Gasteiger partial charge in [0.25, 0.3) is 0 Å². The van der Waals surface area contributed by atoms with E-state index in [0.29, 0.717) is 6.04 Å². The molecule has 1 aromatic rings. The van der Waals surface area contributed by atoms with Gasteiger partial charge in [0.15, 0.2) is 0 Å². The zero-order valence-corrected chi connectivity index (χ0v) is 12.8. The van der Waals surface area contributed by atoms with E-state index in [9.17, 15) is 0 Å². The van der Waals surface area contributed by atoms with Crippen LogP contribution in [-0.4, -0.2) is 48.1 Å². The van der Waals surface area contributed by atoms with Crippen molar-refractivity contribution < 1.29 is 0 Å². The maximum Gasteiger partial charge on any atom is 0.0591 e. The van der Waals surface area contributed by atoms with Crippen molar-refractivity contribution in [3.05, 3.63) is 21.9 Å².